The molecule has 5 heteroatoms. The van der Waals surface area contributed by atoms with Gasteiger partial charge in [-0.3, -0.25) is 4.79 Å². The average Bonchev–Trinajstić information content (AvgIpc) is 2.54. The summed E-state index contributed by atoms with van der Waals surface area (Å²) >= 11 is 0. The number of rotatable bonds is 4. The van der Waals surface area contributed by atoms with Crippen molar-refractivity contribution in [3.63, 3.8) is 0 Å². The van der Waals surface area contributed by atoms with E-state index in [4.69, 9.17) is 4.74 Å². The Morgan fingerprint density at radius 3 is 2.32 bits per heavy atom. The number of amides is 2. The van der Waals surface area contributed by atoms with Crippen LogP contribution < -0.4 is 0 Å². The lowest BCUT2D eigenvalue weighted by molar-refractivity contribution is -0.131. The highest BCUT2D eigenvalue weighted by Gasteiger charge is 2.28. The van der Waals surface area contributed by atoms with Crippen LogP contribution in [0.25, 0.3) is 0 Å². The van der Waals surface area contributed by atoms with Gasteiger partial charge in [0.2, 0.25) is 5.91 Å². The third-order valence-corrected chi connectivity index (χ3v) is 4.42. The molecular weight excluding hydrogens is 316 g/mol. The number of carbonyl (C=O) groups excluding carboxylic acids is 2. The average molecular weight is 346 g/mol. The van der Waals surface area contributed by atoms with Crippen molar-refractivity contribution in [2.24, 2.45) is 5.92 Å². The molecule has 0 atom stereocenters. The molecule has 1 fully saturated rings. The fourth-order valence-electron chi connectivity index (χ4n) is 2.99. The quantitative estimate of drug-likeness (QED) is 0.835. The van der Waals surface area contributed by atoms with Crippen molar-refractivity contribution in [2.75, 3.05) is 20.1 Å². The lowest BCUT2D eigenvalue weighted by Crippen LogP contribution is -2.42. The first kappa shape index (κ1) is 19.3. The minimum atomic E-state index is -0.468. The largest absolute Gasteiger partial charge is 0.444 e. The number of piperidine rings is 1. The minimum Gasteiger partial charge on any atom is -0.444 e. The fraction of sp³-hybridized carbons (Fsp3) is 0.600. The Labute approximate surface area is 150 Å². The molecule has 1 aliphatic heterocycles. The monoisotopic (exact) mass is 346 g/mol. The third-order valence-electron chi connectivity index (χ3n) is 4.42. The molecule has 138 valence electrons. The molecule has 1 aromatic carbocycles. The van der Waals surface area contributed by atoms with Gasteiger partial charge in [-0.05, 0) is 45.1 Å². The first-order valence-corrected chi connectivity index (χ1v) is 9.00. The van der Waals surface area contributed by atoms with Crippen molar-refractivity contribution in [3.8, 4) is 0 Å². The second kappa shape index (κ2) is 8.37. The van der Waals surface area contributed by atoms with Gasteiger partial charge in [-0.2, -0.15) is 0 Å². The second-order valence-corrected chi connectivity index (χ2v) is 7.85. The number of benzene rings is 1. The fourth-order valence-corrected chi connectivity index (χ4v) is 2.99. The third kappa shape index (κ3) is 6.40. The van der Waals surface area contributed by atoms with E-state index in [2.05, 4.69) is 0 Å². The Morgan fingerprint density at radius 2 is 1.76 bits per heavy atom. The highest BCUT2D eigenvalue weighted by molar-refractivity contribution is 5.76. The van der Waals surface area contributed by atoms with Gasteiger partial charge >= 0.3 is 6.09 Å². The summed E-state index contributed by atoms with van der Waals surface area (Å²) in [7, 11) is 1.85. The maximum atomic E-state index is 12.4. The summed E-state index contributed by atoms with van der Waals surface area (Å²) < 4.78 is 5.41. The van der Waals surface area contributed by atoms with E-state index < -0.39 is 5.60 Å². The Kier molecular flexibility index (Phi) is 6.45. The second-order valence-electron chi connectivity index (χ2n) is 7.85. The van der Waals surface area contributed by atoms with Crippen LogP contribution in [0.4, 0.5) is 4.79 Å². The van der Waals surface area contributed by atoms with Crippen LogP contribution in [0.2, 0.25) is 0 Å². The van der Waals surface area contributed by atoms with E-state index in [0.717, 1.165) is 18.4 Å². The van der Waals surface area contributed by atoms with Gasteiger partial charge in [0, 0.05) is 33.1 Å². The molecule has 1 heterocycles. The van der Waals surface area contributed by atoms with Gasteiger partial charge in [0.1, 0.15) is 5.60 Å². The molecule has 5 nitrogen and oxygen atoms in total. The molecule has 1 aromatic rings. The molecule has 2 amide bonds. The van der Waals surface area contributed by atoms with E-state index in [1.165, 1.54) is 0 Å². The molecule has 0 unspecified atom stereocenters. The van der Waals surface area contributed by atoms with Crippen LogP contribution in [0.3, 0.4) is 0 Å². The zero-order valence-electron chi connectivity index (χ0n) is 15.8. The highest BCUT2D eigenvalue weighted by atomic mass is 16.6. The van der Waals surface area contributed by atoms with Crippen LogP contribution in [0.15, 0.2) is 30.3 Å². The zero-order chi connectivity index (χ0) is 18.4. The standard InChI is InChI=1S/C20H30N2O3/c1-20(2,3)25-19(24)22-12-10-16(11-13-22)14-18(23)21(4)15-17-8-6-5-7-9-17/h5-9,16H,10-15H2,1-4H3. The molecule has 0 N–H and O–H groups in total. The Hall–Kier alpha value is -2.04. The van der Waals surface area contributed by atoms with E-state index in [0.29, 0.717) is 32.0 Å². The summed E-state index contributed by atoms with van der Waals surface area (Å²) in [6.45, 7) is 7.58. The summed E-state index contributed by atoms with van der Waals surface area (Å²) in [6, 6.07) is 10.0. The first-order chi connectivity index (χ1) is 11.7. The summed E-state index contributed by atoms with van der Waals surface area (Å²) in [5, 5.41) is 0. The smallest absolute Gasteiger partial charge is 0.410 e. The van der Waals surface area contributed by atoms with E-state index >= 15 is 0 Å². The number of ether oxygens (including phenoxy) is 1. The van der Waals surface area contributed by atoms with E-state index in [1.54, 1.807) is 9.80 Å². The number of hydrogen-bond acceptors (Lipinski definition) is 3. The molecular formula is C20H30N2O3. The number of carbonyl (C=O) groups is 2. The van der Waals surface area contributed by atoms with Crippen LogP contribution in [0, 0.1) is 5.92 Å². The molecule has 0 saturated carbocycles. The zero-order valence-corrected chi connectivity index (χ0v) is 15.8. The normalized spacial score (nSPS) is 15.8. The Bertz CT molecular complexity index is 572. The Balaban J connectivity index is 1.75. The molecule has 0 spiro atoms. The van der Waals surface area contributed by atoms with E-state index in [9.17, 15) is 9.59 Å². The maximum Gasteiger partial charge on any atom is 0.410 e. The van der Waals surface area contributed by atoms with Gasteiger partial charge in [-0.25, -0.2) is 4.79 Å². The van der Waals surface area contributed by atoms with Gasteiger partial charge in [0.05, 0.1) is 0 Å². The van der Waals surface area contributed by atoms with Gasteiger partial charge < -0.3 is 14.5 Å². The first-order valence-electron chi connectivity index (χ1n) is 9.00. The summed E-state index contributed by atoms with van der Waals surface area (Å²) in [4.78, 5) is 28.1. The number of likely N-dealkylation sites (tertiary alicyclic amines) is 1. The van der Waals surface area contributed by atoms with Crippen molar-refractivity contribution in [2.45, 2.75) is 52.2 Å². The van der Waals surface area contributed by atoms with Crippen LogP contribution in [0.1, 0.15) is 45.6 Å². The molecule has 25 heavy (non-hydrogen) atoms. The summed E-state index contributed by atoms with van der Waals surface area (Å²) in [6.07, 6.45) is 2.00. The van der Waals surface area contributed by atoms with Crippen molar-refractivity contribution >= 4 is 12.0 Å². The van der Waals surface area contributed by atoms with Crippen LogP contribution in [-0.2, 0) is 16.1 Å². The predicted molar refractivity (Wildman–Crippen MR) is 98.1 cm³/mol. The molecule has 1 aliphatic rings. The molecule has 0 aromatic heterocycles. The van der Waals surface area contributed by atoms with Crippen LogP contribution >= 0.6 is 0 Å². The minimum absolute atomic E-state index is 0.166. The van der Waals surface area contributed by atoms with Crippen molar-refractivity contribution in [3.05, 3.63) is 35.9 Å². The van der Waals surface area contributed by atoms with Gasteiger partial charge in [0.25, 0.3) is 0 Å². The molecule has 0 radical (unpaired) electrons. The highest BCUT2D eigenvalue weighted by Crippen LogP contribution is 2.23. The lowest BCUT2D eigenvalue weighted by Gasteiger charge is -2.33. The van der Waals surface area contributed by atoms with Crippen LogP contribution in [0.5, 0.6) is 0 Å². The van der Waals surface area contributed by atoms with E-state index in [1.807, 2.05) is 58.2 Å². The molecule has 2 rings (SSSR count). The van der Waals surface area contributed by atoms with Crippen molar-refractivity contribution < 1.29 is 14.3 Å². The lowest BCUT2D eigenvalue weighted by atomic mass is 9.93. The van der Waals surface area contributed by atoms with E-state index in [-0.39, 0.29) is 12.0 Å². The number of nitrogens with zero attached hydrogens (tertiary/aromatic N) is 2. The van der Waals surface area contributed by atoms with Crippen molar-refractivity contribution in [1.82, 2.24) is 9.80 Å². The Morgan fingerprint density at radius 1 is 1.16 bits per heavy atom. The van der Waals surface area contributed by atoms with Gasteiger partial charge in [0.15, 0.2) is 0 Å². The molecule has 0 aliphatic carbocycles. The maximum absolute atomic E-state index is 12.4. The predicted octanol–water partition coefficient (Wildman–Crippen LogP) is 3.68. The van der Waals surface area contributed by atoms with Crippen LogP contribution in [-0.4, -0.2) is 47.5 Å². The molecule has 1 saturated heterocycles. The van der Waals surface area contributed by atoms with Gasteiger partial charge in [-0.15, -0.1) is 0 Å². The van der Waals surface area contributed by atoms with Crippen molar-refractivity contribution in [1.29, 1.82) is 0 Å². The number of hydrogen-bond donors (Lipinski definition) is 0. The van der Waals surface area contributed by atoms with Gasteiger partial charge in [-0.1, -0.05) is 30.3 Å². The summed E-state index contributed by atoms with van der Waals surface area (Å²) in [5.74, 6) is 0.504. The SMILES string of the molecule is CN(Cc1ccccc1)C(=O)CC1CCN(C(=O)OC(C)(C)C)CC1. The molecule has 0 bridgehead atoms. The topological polar surface area (TPSA) is 49.9 Å². The summed E-state index contributed by atoms with van der Waals surface area (Å²) in [5.41, 5.74) is 0.669.